The minimum absolute atomic E-state index is 0.120. The third-order valence-corrected chi connectivity index (χ3v) is 3.59. The van der Waals surface area contributed by atoms with Gasteiger partial charge in [-0.05, 0) is 30.6 Å². The molecule has 3 unspecified atom stereocenters. The maximum Gasteiger partial charge on any atom is 0.414 e. The Hall–Kier alpha value is -1.59. The van der Waals surface area contributed by atoms with Crippen molar-refractivity contribution < 1.29 is 24.6 Å². The molecule has 0 aliphatic heterocycles. The zero-order chi connectivity index (χ0) is 15.9. The van der Waals surface area contributed by atoms with Crippen molar-refractivity contribution in [2.45, 2.75) is 53.0 Å². The lowest BCUT2D eigenvalue weighted by atomic mass is 9.74. The van der Waals surface area contributed by atoms with Crippen molar-refractivity contribution in [2.24, 2.45) is 17.8 Å². The van der Waals surface area contributed by atoms with Crippen LogP contribution in [0.15, 0.2) is 0 Å². The first-order valence-corrected chi connectivity index (χ1v) is 6.88. The molecule has 0 aromatic rings. The first-order valence-electron chi connectivity index (χ1n) is 6.88. The number of carboxylic acids is 2. The first kappa shape index (κ1) is 18.4. The minimum Gasteiger partial charge on any atom is -0.473 e. The van der Waals surface area contributed by atoms with Crippen LogP contribution in [0.25, 0.3) is 0 Å². The summed E-state index contributed by atoms with van der Waals surface area (Å²) in [6, 6.07) is 0.413. The highest BCUT2D eigenvalue weighted by molar-refractivity contribution is 6.27. The second kappa shape index (κ2) is 8.55. The van der Waals surface area contributed by atoms with E-state index in [2.05, 4.69) is 26.1 Å². The molecule has 0 heterocycles. The van der Waals surface area contributed by atoms with E-state index in [0.29, 0.717) is 17.9 Å². The van der Waals surface area contributed by atoms with E-state index in [9.17, 15) is 4.79 Å². The van der Waals surface area contributed by atoms with Crippen LogP contribution in [-0.4, -0.2) is 34.1 Å². The zero-order valence-corrected chi connectivity index (χ0v) is 12.5. The number of carbonyl (C=O) groups is 3. The summed E-state index contributed by atoms with van der Waals surface area (Å²) in [5, 5.41) is 17.9. The molecule has 3 N–H and O–H groups in total. The van der Waals surface area contributed by atoms with Gasteiger partial charge in [-0.15, -0.1) is 0 Å². The van der Waals surface area contributed by atoms with Crippen molar-refractivity contribution in [3.63, 3.8) is 0 Å². The van der Waals surface area contributed by atoms with Gasteiger partial charge in [0.1, 0.15) is 0 Å². The molecule has 1 saturated carbocycles. The van der Waals surface area contributed by atoms with Gasteiger partial charge < -0.3 is 15.5 Å². The SMILES string of the molecule is CC(=O)NC1CC(C)CCC1C(C)C.O=C(O)C(=O)O. The highest BCUT2D eigenvalue weighted by Crippen LogP contribution is 2.33. The Morgan fingerprint density at radius 1 is 1.10 bits per heavy atom. The summed E-state index contributed by atoms with van der Waals surface area (Å²) in [6.07, 6.45) is 3.74. The fourth-order valence-electron chi connectivity index (χ4n) is 2.63. The summed E-state index contributed by atoms with van der Waals surface area (Å²) in [5.41, 5.74) is 0. The Labute approximate surface area is 119 Å². The lowest BCUT2D eigenvalue weighted by Crippen LogP contribution is -2.44. The average Bonchev–Trinajstić information content (AvgIpc) is 2.28. The predicted molar refractivity (Wildman–Crippen MR) is 74.2 cm³/mol. The normalized spacial score (nSPS) is 25.4. The summed E-state index contributed by atoms with van der Waals surface area (Å²) in [6.45, 7) is 8.42. The Kier molecular flexibility index (Phi) is 7.87. The summed E-state index contributed by atoms with van der Waals surface area (Å²) in [7, 11) is 0. The van der Waals surface area contributed by atoms with Gasteiger partial charge in [0, 0.05) is 13.0 Å². The third-order valence-electron chi connectivity index (χ3n) is 3.59. The van der Waals surface area contributed by atoms with E-state index in [1.807, 2.05) is 0 Å². The Morgan fingerprint density at radius 2 is 1.60 bits per heavy atom. The number of aliphatic carboxylic acids is 2. The number of hydrogen-bond acceptors (Lipinski definition) is 3. The second-order valence-electron chi connectivity index (χ2n) is 5.74. The fourth-order valence-corrected chi connectivity index (χ4v) is 2.63. The van der Waals surface area contributed by atoms with Crippen molar-refractivity contribution >= 4 is 17.8 Å². The molecule has 0 saturated heterocycles. The molecule has 1 fully saturated rings. The molecule has 1 aliphatic rings. The van der Waals surface area contributed by atoms with E-state index in [1.54, 1.807) is 6.92 Å². The van der Waals surface area contributed by atoms with Crippen LogP contribution in [-0.2, 0) is 14.4 Å². The number of carbonyl (C=O) groups excluding carboxylic acids is 1. The van der Waals surface area contributed by atoms with Gasteiger partial charge in [-0.1, -0.05) is 27.2 Å². The molecule has 0 aromatic carbocycles. The predicted octanol–water partition coefficient (Wildman–Crippen LogP) is 1.74. The van der Waals surface area contributed by atoms with E-state index in [4.69, 9.17) is 19.8 Å². The van der Waals surface area contributed by atoms with Crippen LogP contribution in [0.1, 0.15) is 47.0 Å². The highest BCUT2D eigenvalue weighted by Gasteiger charge is 2.30. The summed E-state index contributed by atoms with van der Waals surface area (Å²) in [5.74, 6) is -1.41. The van der Waals surface area contributed by atoms with Gasteiger partial charge in [0.25, 0.3) is 0 Å². The molecular formula is C14H25NO5. The molecule has 20 heavy (non-hydrogen) atoms. The summed E-state index contributed by atoms with van der Waals surface area (Å²) in [4.78, 5) is 29.3. The molecule has 0 radical (unpaired) electrons. The summed E-state index contributed by atoms with van der Waals surface area (Å²) >= 11 is 0. The van der Waals surface area contributed by atoms with E-state index >= 15 is 0 Å². The van der Waals surface area contributed by atoms with Crippen LogP contribution < -0.4 is 5.32 Å². The highest BCUT2D eigenvalue weighted by atomic mass is 16.4. The lowest BCUT2D eigenvalue weighted by Gasteiger charge is -2.37. The fraction of sp³-hybridized carbons (Fsp3) is 0.786. The van der Waals surface area contributed by atoms with Gasteiger partial charge in [-0.25, -0.2) is 9.59 Å². The molecular weight excluding hydrogens is 262 g/mol. The topological polar surface area (TPSA) is 104 Å². The number of amides is 1. The van der Waals surface area contributed by atoms with E-state index in [1.165, 1.54) is 12.8 Å². The lowest BCUT2D eigenvalue weighted by molar-refractivity contribution is -0.159. The van der Waals surface area contributed by atoms with E-state index < -0.39 is 11.9 Å². The van der Waals surface area contributed by atoms with Crippen molar-refractivity contribution in [2.75, 3.05) is 0 Å². The molecule has 0 aromatic heterocycles. The number of hydrogen-bond donors (Lipinski definition) is 3. The number of rotatable bonds is 2. The molecule has 6 nitrogen and oxygen atoms in total. The standard InChI is InChI=1S/C12H23NO.C2H2O4/c1-8(2)11-6-5-9(3)7-12(11)13-10(4)14;3-1(4)2(5)6/h8-9,11-12H,5-7H2,1-4H3,(H,13,14);(H,3,4)(H,5,6). The van der Waals surface area contributed by atoms with Crippen LogP contribution in [0.5, 0.6) is 0 Å². The molecule has 116 valence electrons. The molecule has 1 amide bonds. The van der Waals surface area contributed by atoms with Gasteiger partial charge in [-0.2, -0.15) is 0 Å². The second-order valence-corrected chi connectivity index (χ2v) is 5.74. The molecule has 0 spiro atoms. The molecule has 0 bridgehead atoms. The average molecular weight is 287 g/mol. The van der Waals surface area contributed by atoms with Crippen LogP contribution in [0.3, 0.4) is 0 Å². The smallest absolute Gasteiger partial charge is 0.414 e. The van der Waals surface area contributed by atoms with Crippen LogP contribution in [0.2, 0.25) is 0 Å². The number of carboxylic acid groups (broad SMARTS) is 2. The van der Waals surface area contributed by atoms with Crippen molar-refractivity contribution in [3.05, 3.63) is 0 Å². The Balaban J connectivity index is 0.000000511. The van der Waals surface area contributed by atoms with Gasteiger partial charge in [0.2, 0.25) is 5.91 Å². The maximum atomic E-state index is 11.1. The van der Waals surface area contributed by atoms with Gasteiger partial charge >= 0.3 is 11.9 Å². The molecule has 1 aliphatic carbocycles. The Bertz CT molecular complexity index is 341. The van der Waals surface area contributed by atoms with Crippen molar-refractivity contribution in [1.82, 2.24) is 5.32 Å². The van der Waals surface area contributed by atoms with Crippen molar-refractivity contribution in [1.29, 1.82) is 0 Å². The monoisotopic (exact) mass is 287 g/mol. The van der Waals surface area contributed by atoms with E-state index in [-0.39, 0.29) is 5.91 Å². The van der Waals surface area contributed by atoms with Gasteiger partial charge in [0.15, 0.2) is 0 Å². The van der Waals surface area contributed by atoms with E-state index in [0.717, 1.165) is 12.3 Å². The largest absolute Gasteiger partial charge is 0.473 e. The molecule has 3 atom stereocenters. The maximum absolute atomic E-state index is 11.1. The summed E-state index contributed by atoms with van der Waals surface area (Å²) < 4.78 is 0. The first-order chi connectivity index (χ1) is 9.15. The molecule has 1 rings (SSSR count). The zero-order valence-electron chi connectivity index (χ0n) is 12.5. The minimum atomic E-state index is -1.82. The third kappa shape index (κ3) is 7.11. The van der Waals surface area contributed by atoms with Crippen LogP contribution >= 0.6 is 0 Å². The van der Waals surface area contributed by atoms with Crippen molar-refractivity contribution in [3.8, 4) is 0 Å². The van der Waals surface area contributed by atoms with Gasteiger partial charge in [0.05, 0.1) is 0 Å². The number of nitrogens with one attached hydrogen (secondary N) is 1. The molecule has 6 heteroatoms. The van der Waals surface area contributed by atoms with Crippen LogP contribution in [0, 0.1) is 17.8 Å². The van der Waals surface area contributed by atoms with Crippen LogP contribution in [0.4, 0.5) is 0 Å². The van der Waals surface area contributed by atoms with Gasteiger partial charge in [-0.3, -0.25) is 4.79 Å². The Morgan fingerprint density at radius 3 is 1.95 bits per heavy atom. The quantitative estimate of drug-likeness (QED) is 0.671.